The molecule has 1 amide bonds. The highest BCUT2D eigenvalue weighted by atomic mass is 16.3. The van der Waals surface area contributed by atoms with E-state index in [9.17, 15) is 14.4 Å². The minimum atomic E-state index is -0.552. The molecule has 17 heavy (non-hydrogen) atoms. The molecule has 7 nitrogen and oxygen atoms in total. The average Bonchev–Trinajstić information content (AvgIpc) is 2.29. The minimum absolute atomic E-state index is 0.173. The molecule has 0 radical (unpaired) electrons. The topological polar surface area (TPSA) is 93.3 Å². The molecule has 0 aromatic carbocycles. The third-order valence-corrected chi connectivity index (χ3v) is 2.26. The summed E-state index contributed by atoms with van der Waals surface area (Å²) in [5.41, 5.74) is -0.973. The molecule has 0 aliphatic carbocycles. The van der Waals surface area contributed by atoms with Gasteiger partial charge in [-0.05, 0) is 6.92 Å². The Labute approximate surface area is 97.3 Å². The van der Waals surface area contributed by atoms with Crippen LogP contribution in [0.1, 0.15) is 6.92 Å². The van der Waals surface area contributed by atoms with Gasteiger partial charge in [0.25, 0.3) is 5.56 Å². The molecule has 1 aromatic heterocycles. The lowest BCUT2D eigenvalue weighted by Gasteiger charge is -2.11. The van der Waals surface area contributed by atoms with Crippen molar-refractivity contribution < 1.29 is 9.90 Å². The van der Waals surface area contributed by atoms with Gasteiger partial charge >= 0.3 is 5.69 Å². The Morgan fingerprint density at radius 1 is 1.53 bits per heavy atom. The van der Waals surface area contributed by atoms with E-state index in [1.165, 1.54) is 19.3 Å². The van der Waals surface area contributed by atoms with Gasteiger partial charge in [0, 0.05) is 25.4 Å². The molecule has 0 bridgehead atoms. The molecule has 0 aliphatic rings. The number of hydrogen-bond donors (Lipinski definition) is 2. The van der Waals surface area contributed by atoms with Crippen LogP contribution in [0.4, 0.5) is 0 Å². The van der Waals surface area contributed by atoms with E-state index in [0.29, 0.717) is 0 Å². The Hall–Kier alpha value is -1.89. The lowest BCUT2D eigenvalue weighted by atomic mass is 10.3. The number of hydrogen-bond acceptors (Lipinski definition) is 4. The summed E-state index contributed by atoms with van der Waals surface area (Å²) in [5, 5.41) is 11.3. The number of nitrogens with zero attached hydrogens (tertiary/aromatic N) is 2. The van der Waals surface area contributed by atoms with Gasteiger partial charge in [0.05, 0.1) is 6.61 Å². The molecule has 94 valence electrons. The van der Waals surface area contributed by atoms with E-state index in [1.54, 1.807) is 6.92 Å². The number of carbonyl (C=O) groups is 1. The summed E-state index contributed by atoms with van der Waals surface area (Å²) in [6, 6.07) is 0.843. The molecule has 0 saturated carbocycles. The van der Waals surface area contributed by atoms with E-state index in [1.807, 2.05) is 0 Å². The summed E-state index contributed by atoms with van der Waals surface area (Å²) in [6.45, 7) is 1.28. The first-order valence-electron chi connectivity index (χ1n) is 5.12. The van der Waals surface area contributed by atoms with Crippen molar-refractivity contribution in [2.45, 2.75) is 19.5 Å². The molecule has 0 unspecified atom stereocenters. The van der Waals surface area contributed by atoms with Crippen molar-refractivity contribution in [2.75, 3.05) is 6.61 Å². The number of nitrogens with one attached hydrogen (secondary N) is 1. The second-order valence-corrected chi connectivity index (χ2v) is 3.77. The van der Waals surface area contributed by atoms with Gasteiger partial charge in [-0.2, -0.15) is 0 Å². The number of aliphatic hydroxyl groups excluding tert-OH is 1. The Morgan fingerprint density at radius 3 is 2.76 bits per heavy atom. The van der Waals surface area contributed by atoms with Gasteiger partial charge in [0.15, 0.2) is 0 Å². The molecule has 7 heteroatoms. The molecular formula is C10H15N3O4. The third kappa shape index (κ3) is 3.28. The Kier molecular flexibility index (Phi) is 4.22. The van der Waals surface area contributed by atoms with Crippen LogP contribution >= 0.6 is 0 Å². The molecule has 2 N–H and O–H groups in total. The maximum atomic E-state index is 11.6. The van der Waals surface area contributed by atoms with Crippen LogP contribution in [0.2, 0.25) is 0 Å². The van der Waals surface area contributed by atoms with Crippen molar-refractivity contribution >= 4 is 5.91 Å². The number of rotatable bonds is 4. The predicted octanol–water partition coefficient (Wildman–Crippen LogP) is -1.96. The molecular weight excluding hydrogens is 226 g/mol. The SMILES string of the molecule is C[C@@H](CO)NC(=O)Cn1ccc(=O)n(C)c1=O. The number of amides is 1. The maximum Gasteiger partial charge on any atom is 0.331 e. The highest BCUT2D eigenvalue weighted by Crippen LogP contribution is 1.83. The maximum absolute atomic E-state index is 11.6. The normalized spacial score (nSPS) is 12.2. The predicted molar refractivity (Wildman–Crippen MR) is 60.6 cm³/mol. The minimum Gasteiger partial charge on any atom is -0.394 e. The van der Waals surface area contributed by atoms with Crippen LogP contribution in [-0.2, 0) is 18.4 Å². The van der Waals surface area contributed by atoms with Crippen LogP contribution in [0.5, 0.6) is 0 Å². The summed E-state index contributed by atoms with van der Waals surface area (Å²) in [4.78, 5) is 34.2. The highest BCUT2D eigenvalue weighted by Gasteiger charge is 2.09. The molecule has 1 aromatic rings. The van der Waals surface area contributed by atoms with Crippen molar-refractivity contribution in [3.05, 3.63) is 33.1 Å². The second kappa shape index (κ2) is 5.44. The zero-order chi connectivity index (χ0) is 13.0. The first-order chi connectivity index (χ1) is 7.95. The molecule has 0 spiro atoms. The summed E-state index contributed by atoms with van der Waals surface area (Å²) in [6.07, 6.45) is 1.27. The first-order valence-corrected chi connectivity index (χ1v) is 5.12. The van der Waals surface area contributed by atoms with Gasteiger partial charge in [0.2, 0.25) is 5.91 Å². The van der Waals surface area contributed by atoms with Gasteiger partial charge in [-0.15, -0.1) is 0 Å². The van der Waals surface area contributed by atoms with Gasteiger partial charge in [-0.3, -0.25) is 18.7 Å². The van der Waals surface area contributed by atoms with Gasteiger partial charge in [-0.25, -0.2) is 4.79 Å². The van der Waals surface area contributed by atoms with Crippen LogP contribution in [-0.4, -0.2) is 32.8 Å². The van der Waals surface area contributed by atoms with Crippen LogP contribution in [0, 0.1) is 0 Å². The lowest BCUT2D eigenvalue weighted by Crippen LogP contribution is -2.42. The fraction of sp³-hybridized carbons (Fsp3) is 0.500. The van der Waals surface area contributed by atoms with Crippen molar-refractivity contribution in [1.29, 1.82) is 0 Å². The average molecular weight is 241 g/mol. The summed E-state index contributed by atoms with van der Waals surface area (Å²) in [5.74, 6) is -0.396. The Morgan fingerprint density at radius 2 is 2.18 bits per heavy atom. The summed E-state index contributed by atoms with van der Waals surface area (Å²) >= 11 is 0. The quantitative estimate of drug-likeness (QED) is 0.640. The van der Waals surface area contributed by atoms with Crippen molar-refractivity contribution in [2.24, 2.45) is 7.05 Å². The highest BCUT2D eigenvalue weighted by molar-refractivity contribution is 5.75. The summed E-state index contributed by atoms with van der Waals surface area (Å²) in [7, 11) is 1.34. The number of carbonyl (C=O) groups excluding carboxylic acids is 1. The smallest absolute Gasteiger partial charge is 0.331 e. The van der Waals surface area contributed by atoms with Crippen molar-refractivity contribution in [3.8, 4) is 0 Å². The molecule has 0 aliphatic heterocycles. The number of aromatic nitrogens is 2. The van der Waals surface area contributed by atoms with E-state index in [-0.39, 0.29) is 19.2 Å². The zero-order valence-electron chi connectivity index (χ0n) is 9.71. The van der Waals surface area contributed by atoms with E-state index < -0.39 is 17.2 Å². The molecule has 0 saturated heterocycles. The van der Waals surface area contributed by atoms with Gasteiger partial charge in [0.1, 0.15) is 6.54 Å². The molecule has 0 fully saturated rings. The van der Waals surface area contributed by atoms with Crippen LogP contribution in [0.25, 0.3) is 0 Å². The van der Waals surface area contributed by atoms with Crippen molar-refractivity contribution in [3.63, 3.8) is 0 Å². The standard InChI is InChI=1S/C10H15N3O4/c1-7(6-14)11-8(15)5-13-4-3-9(16)12(2)10(13)17/h3-4,7,14H,5-6H2,1-2H3,(H,11,15)/t7-/m0/s1. The van der Waals surface area contributed by atoms with E-state index in [4.69, 9.17) is 5.11 Å². The van der Waals surface area contributed by atoms with E-state index in [2.05, 4.69) is 5.32 Å². The van der Waals surface area contributed by atoms with Crippen LogP contribution in [0.15, 0.2) is 21.9 Å². The Balaban J connectivity index is 2.83. The second-order valence-electron chi connectivity index (χ2n) is 3.77. The lowest BCUT2D eigenvalue weighted by molar-refractivity contribution is -0.122. The Bertz CT molecular complexity index is 517. The fourth-order valence-electron chi connectivity index (χ4n) is 1.26. The zero-order valence-corrected chi connectivity index (χ0v) is 9.71. The number of aliphatic hydroxyl groups is 1. The van der Waals surface area contributed by atoms with Crippen LogP contribution < -0.4 is 16.6 Å². The third-order valence-electron chi connectivity index (χ3n) is 2.26. The van der Waals surface area contributed by atoms with Crippen LogP contribution in [0.3, 0.4) is 0 Å². The molecule has 1 heterocycles. The van der Waals surface area contributed by atoms with E-state index in [0.717, 1.165) is 9.13 Å². The first kappa shape index (κ1) is 13.2. The largest absolute Gasteiger partial charge is 0.394 e. The van der Waals surface area contributed by atoms with Crippen molar-refractivity contribution in [1.82, 2.24) is 14.5 Å². The molecule has 1 rings (SSSR count). The van der Waals surface area contributed by atoms with Gasteiger partial charge in [-0.1, -0.05) is 0 Å². The molecule has 1 atom stereocenters. The summed E-state index contributed by atoms with van der Waals surface area (Å²) < 4.78 is 2.05. The monoisotopic (exact) mass is 241 g/mol. The van der Waals surface area contributed by atoms with Gasteiger partial charge < -0.3 is 10.4 Å². The fourth-order valence-corrected chi connectivity index (χ4v) is 1.26. The van der Waals surface area contributed by atoms with E-state index >= 15 is 0 Å².